The van der Waals surface area contributed by atoms with E-state index in [1.165, 1.54) is 41.0 Å². The molecule has 0 N–H and O–H groups in total. The van der Waals surface area contributed by atoms with Crippen LogP contribution >= 0.6 is 0 Å². The van der Waals surface area contributed by atoms with Gasteiger partial charge in [0.15, 0.2) is 0 Å². The Morgan fingerprint density at radius 1 is 0.720 bits per heavy atom. The van der Waals surface area contributed by atoms with Gasteiger partial charge in [-0.2, -0.15) is 0 Å². The molecule has 1 heteroatoms. The van der Waals surface area contributed by atoms with Crippen molar-refractivity contribution < 1.29 is 0 Å². The molecule has 3 rings (SSSR count). The standard InChI is InChI=1S/C24H27N/c1-4-8-20(3)21-13-17-24(18-14-21)25(22-9-6-5-7-10-22)23-15-11-19(2)12-16-23/h5-7,9-18,20H,4,8H2,1-3H3. The smallest absolute Gasteiger partial charge is 0.0461 e. The van der Waals surface area contributed by atoms with Gasteiger partial charge in [-0.25, -0.2) is 0 Å². The van der Waals surface area contributed by atoms with Crippen LogP contribution in [-0.4, -0.2) is 0 Å². The first-order valence-electron chi connectivity index (χ1n) is 9.21. The van der Waals surface area contributed by atoms with Gasteiger partial charge in [0.1, 0.15) is 0 Å². The van der Waals surface area contributed by atoms with Crippen molar-refractivity contribution in [1.82, 2.24) is 0 Å². The van der Waals surface area contributed by atoms with E-state index in [0.717, 1.165) is 0 Å². The van der Waals surface area contributed by atoms with Crippen LogP contribution in [0, 0.1) is 6.92 Å². The van der Waals surface area contributed by atoms with Gasteiger partial charge in [-0.05, 0) is 61.2 Å². The topological polar surface area (TPSA) is 3.24 Å². The molecule has 1 nitrogen and oxygen atoms in total. The molecule has 0 aliphatic rings. The molecule has 3 aromatic carbocycles. The van der Waals surface area contributed by atoms with E-state index in [0.29, 0.717) is 5.92 Å². The lowest BCUT2D eigenvalue weighted by Gasteiger charge is -2.26. The van der Waals surface area contributed by atoms with E-state index >= 15 is 0 Å². The van der Waals surface area contributed by atoms with E-state index < -0.39 is 0 Å². The highest BCUT2D eigenvalue weighted by Gasteiger charge is 2.12. The molecular weight excluding hydrogens is 302 g/mol. The molecule has 0 aromatic heterocycles. The number of anilines is 3. The molecule has 128 valence electrons. The van der Waals surface area contributed by atoms with Gasteiger partial charge >= 0.3 is 0 Å². The first-order valence-corrected chi connectivity index (χ1v) is 9.21. The minimum atomic E-state index is 0.614. The second kappa shape index (κ2) is 8.02. The number of hydrogen-bond acceptors (Lipinski definition) is 1. The van der Waals surface area contributed by atoms with Gasteiger partial charge in [-0.1, -0.05) is 68.3 Å². The van der Waals surface area contributed by atoms with Crippen LogP contribution in [0.4, 0.5) is 17.1 Å². The number of aryl methyl sites for hydroxylation is 1. The molecule has 0 amide bonds. The molecule has 1 atom stereocenters. The first kappa shape index (κ1) is 17.3. The summed E-state index contributed by atoms with van der Waals surface area (Å²) in [7, 11) is 0. The summed E-state index contributed by atoms with van der Waals surface area (Å²) in [6, 6.07) is 28.3. The van der Waals surface area contributed by atoms with Gasteiger partial charge in [-0.3, -0.25) is 0 Å². The second-order valence-corrected chi connectivity index (χ2v) is 6.79. The summed E-state index contributed by atoms with van der Waals surface area (Å²) in [6.07, 6.45) is 2.46. The van der Waals surface area contributed by atoms with E-state index in [1.54, 1.807) is 0 Å². The predicted octanol–water partition coefficient (Wildman–Crippen LogP) is 7.37. The molecule has 0 saturated heterocycles. The quantitative estimate of drug-likeness (QED) is 0.456. The Hall–Kier alpha value is -2.54. The lowest BCUT2D eigenvalue weighted by atomic mass is 9.96. The summed E-state index contributed by atoms with van der Waals surface area (Å²) in [4.78, 5) is 2.31. The van der Waals surface area contributed by atoms with Gasteiger partial charge in [0.05, 0.1) is 0 Å². The third-order valence-corrected chi connectivity index (χ3v) is 4.75. The maximum Gasteiger partial charge on any atom is 0.0461 e. The van der Waals surface area contributed by atoms with E-state index in [1.807, 2.05) is 0 Å². The molecule has 0 aliphatic heterocycles. The normalized spacial score (nSPS) is 12.0. The van der Waals surface area contributed by atoms with Crippen molar-refractivity contribution in [3.05, 3.63) is 90.0 Å². The molecule has 0 bridgehead atoms. The van der Waals surface area contributed by atoms with E-state index in [4.69, 9.17) is 0 Å². The highest BCUT2D eigenvalue weighted by Crippen LogP contribution is 2.35. The molecule has 1 unspecified atom stereocenters. The molecule has 3 aromatic rings. The average Bonchev–Trinajstić information content (AvgIpc) is 2.65. The van der Waals surface area contributed by atoms with Crippen molar-refractivity contribution in [1.29, 1.82) is 0 Å². The van der Waals surface area contributed by atoms with Crippen LogP contribution in [0.2, 0.25) is 0 Å². The Bertz CT molecular complexity index is 773. The van der Waals surface area contributed by atoms with E-state index in [-0.39, 0.29) is 0 Å². The molecule has 0 saturated carbocycles. The lowest BCUT2D eigenvalue weighted by molar-refractivity contribution is 0.665. The number of benzene rings is 3. The highest BCUT2D eigenvalue weighted by atomic mass is 15.1. The van der Waals surface area contributed by atoms with Gasteiger partial charge in [0, 0.05) is 17.1 Å². The largest absolute Gasteiger partial charge is 0.311 e. The predicted molar refractivity (Wildman–Crippen MR) is 109 cm³/mol. The van der Waals surface area contributed by atoms with Crippen LogP contribution in [0.5, 0.6) is 0 Å². The fourth-order valence-electron chi connectivity index (χ4n) is 3.27. The zero-order valence-corrected chi connectivity index (χ0v) is 15.4. The molecule has 0 fully saturated rings. The second-order valence-electron chi connectivity index (χ2n) is 6.79. The fourth-order valence-corrected chi connectivity index (χ4v) is 3.27. The Balaban J connectivity index is 1.99. The SMILES string of the molecule is CCCC(C)c1ccc(N(c2ccccc2)c2ccc(C)cc2)cc1. The number of rotatable bonds is 6. The Morgan fingerprint density at radius 2 is 1.24 bits per heavy atom. The van der Waals surface area contributed by atoms with E-state index in [2.05, 4.69) is 105 Å². The van der Waals surface area contributed by atoms with Crippen molar-refractivity contribution >= 4 is 17.1 Å². The summed E-state index contributed by atoms with van der Waals surface area (Å²) in [6.45, 7) is 6.69. The summed E-state index contributed by atoms with van der Waals surface area (Å²) in [5.41, 5.74) is 6.26. The van der Waals surface area contributed by atoms with E-state index in [9.17, 15) is 0 Å². The van der Waals surface area contributed by atoms with Gasteiger partial charge in [-0.15, -0.1) is 0 Å². The van der Waals surface area contributed by atoms with Crippen LogP contribution in [0.25, 0.3) is 0 Å². The summed E-state index contributed by atoms with van der Waals surface area (Å²) in [5.74, 6) is 0.614. The zero-order valence-electron chi connectivity index (χ0n) is 15.4. The Kier molecular flexibility index (Phi) is 5.55. The molecular formula is C24H27N. The third-order valence-electron chi connectivity index (χ3n) is 4.75. The van der Waals surface area contributed by atoms with Crippen LogP contribution in [0.3, 0.4) is 0 Å². The van der Waals surface area contributed by atoms with Crippen molar-refractivity contribution in [2.24, 2.45) is 0 Å². The van der Waals surface area contributed by atoms with Crippen molar-refractivity contribution in [2.75, 3.05) is 4.90 Å². The maximum atomic E-state index is 2.31. The van der Waals surface area contributed by atoms with Crippen LogP contribution in [0.1, 0.15) is 43.7 Å². The minimum absolute atomic E-state index is 0.614. The van der Waals surface area contributed by atoms with Crippen LogP contribution in [-0.2, 0) is 0 Å². The first-order chi connectivity index (χ1) is 12.2. The van der Waals surface area contributed by atoms with Crippen molar-refractivity contribution in [3.63, 3.8) is 0 Å². The zero-order chi connectivity index (χ0) is 17.6. The van der Waals surface area contributed by atoms with Gasteiger partial charge < -0.3 is 4.90 Å². The lowest BCUT2D eigenvalue weighted by Crippen LogP contribution is -2.10. The maximum absolute atomic E-state index is 2.31. The number of para-hydroxylation sites is 1. The summed E-state index contributed by atoms with van der Waals surface area (Å²) in [5, 5.41) is 0. The van der Waals surface area contributed by atoms with Gasteiger partial charge in [0.2, 0.25) is 0 Å². The fraction of sp³-hybridized carbons (Fsp3) is 0.250. The van der Waals surface area contributed by atoms with Crippen LogP contribution in [0.15, 0.2) is 78.9 Å². The average molecular weight is 329 g/mol. The summed E-state index contributed by atoms with van der Waals surface area (Å²) >= 11 is 0. The Morgan fingerprint density at radius 3 is 1.80 bits per heavy atom. The number of hydrogen-bond donors (Lipinski definition) is 0. The molecule has 0 aliphatic carbocycles. The molecule has 0 spiro atoms. The molecule has 25 heavy (non-hydrogen) atoms. The van der Waals surface area contributed by atoms with Gasteiger partial charge in [0.25, 0.3) is 0 Å². The van der Waals surface area contributed by atoms with Crippen LogP contribution < -0.4 is 4.90 Å². The highest BCUT2D eigenvalue weighted by molar-refractivity contribution is 5.76. The third kappa shape index (κ3) is 4.11. The van der Waals surface area contributed by atoms with Crippen molar-refractivity contribution in [2.45, 2.75) is 39.5 Å². The monoisotopic (exact) mass is 329 g/mol. The van der Waals surface area contributed by atoms with Crippen molar-refractivity contribution in [3.8, 4) is 0 Å². The molecule has 0 radical (unpaired) electrons. The number of nitrogens with zero attached hydrogens (tertiary/aromatic N) is 1. The summed E-state index contributed by atoms with van der Waals surface area (Å²) < 4.78 is 0. The Labute approximate surface area is 151 Å². The minimum Gasteiger partial charge on any atom is -0.311 e. The molecule has 0 heterocycles.